The van der Waals surface area contributed by atoms with Gasteiger partial charge in [-0.05, 0) is 30.5 Å². The molecule has 0 unspecified atom stereocenters. The predicted molar refractivity (Wildman–Crippen MR) is 77.8 cm³/mol. The Hall–Kier alpha value is -1.35. The number of ether oxygens (including phenoxy) is 2. The summed E-state index contributed by atoms with van der Waals surface area (Å²) in [5.74, 6) is 0.388. The lowest BCUT2D eigenvalue weighted by molar-refractivity contribution is 0.0961. The number of rotatable bonds is 7. The van der Waals surface area contributed by atoms with Gasteiger partial charge < -0.3 is 20.3 Å². The zero-order valence-electron chi connectivity index (χ0n) is 11.7. The molecule has 0 bridgehead atoms. The van der Waals surface area contributed by atoms with Gasteiger partial charge in [-0.15, -0.1) is 0 Å². The average molecular weight is 316 g/mol. The zero-order chi connectivity index (χ0) is 15.3. The van der Waals surface area contributed by atoms with Crippen LogP contribution < -0.4 is 15.2 Å². The first-order chi connectivity index (χ1) is 10.0. The molecule has 0 fully saturated rings. The van der Waals surface area contributed by atoms with Crippen LogP contribution in [-0.2, 0) is 21.2 Å². The van der Waals surface area contributed by atoms with Crippen LogP contribution >= 0.6 is 0 Å². The average Bonchev–Trinajstić information content (AvgIpc) is 2.46. The fraction of sp³-hybridized carbons (Fsp3) is 0.538. The minimum Gasteiger partial charge on any atom is -0.492 e. The molecular formula is C13H20N2O5S. The van der Waals surface area contributed by atoms with Gasteiger partial charge in [0.2, 0.25) is 10.0 Å². The zero-order valence-corrected chi connectivity index (χ0v) is 12.5. The van der Waals surface area contributed by atoms with Crippen molar-refractivity contribution >= 4 is 15.7 Å². The molecule has 2 rings (SSSR count). The Bertz CT molecular complexity index is 588. The third-order valence-corrected chi connectivity index (χ3v) is 4.52. The van der Waals surface area contributed by atoms with Crippen LogP contribution in [0.25, 0.3) is 0 Å². The van der Waals surface area contributed by atoms with Gasteiger partial charge in [0, 0.05) is 12.2 Å². The largest absolute Gasteiger partial charge is 0.492 e. The van der Waals surface area contributed by atoms with Crippen molar-refractivity contribution in [3.63, 3.8) is 0 Å². The maximum Gasteiger partial charge on any atom is 0.244 e. The Labute approximate surface area is 124 Å². The van der Waals surface area contributed by atoms with Crippen molar-refractivity contribution in [3.05, 3.63) is 17.7 Å². The second-order valence-corrected chi connectivity index (χ2v) is 6.43. The molecule has 0 radical (unpaired) electrons. The first kappa shape index (κ1) is 16.0. The minimum atomic E-state index is -3.71. The number of hydrogen-bond donors (Lipinski definition) is 3. The summed E-state index contributed by atoms with van der Waals surface area (Å²) in [6, 6.07) is 3.15. The van der Waals surface area contributed by atoms with E-state index in [0.29, 0.717) is 18.0 Å². The normalized spacial score (nSPS) is 14.5. The van der Waals surface area contributed by atoms with Gasteiger partial charge >= 0.3 is 0 Å². The predicted octanol–water partition coefficient (Wildman–Crippen LogP) is -0.119. The van der Waals surface area contributed by atoms with Crippen LogP contribution in [0.1, 0.15) is 12.0 Å². The van der Waals surface area contributed by atoms with Crippen molar-refractivity contribution < 1.29 is 23.0 Å². The molecule has 0 aromatic heterocycles. The van der Waals surface area contributed by atoms with E-state index in [1.807, 2.05) is 0 Å². The van der Waals surface area contributed by atoms with E-state index in [4.69, 9.17) is 20.3 Å². The summed E-state index contributed by atoms with van der Waals surface area (Å²) >= 11 is 0. The van der Waals surface area contributed by atoms with Crippen LogP contribution in [0, 0.1) is 0 Å². The number of fused-ring (bicyclic) bond motifs is 1. The molecule has 1 aromatic carbocycles. The van der Waals surface area contributed by atoms with Crippen LogP contribution in [0.2, 0.25) is 0 Å². The Balaban J connectivity index is 2.14. The number of nitrogen functional groups attached to an aromatic ring is 1. The Morgan fingerprint density at radius 2 is 2.19 bits per heavy atom. The molecular weight excluding hydrogens is 296 g/mol. The van der Waals surface area contributed by atoms with E-state index in [1.165, 1.54) is 6.07 Å². The molecule has 7 nitrogen and oxygen atoms in total. The van der Waals surface area contributed by atoms with Crippen molar-refractivity contribution in [1.82, 2.24) is 4.72 Å². The number of nitrogens with two attached hydrogens (primary N) is 1. The molecule has 0 saturated heterocycles. The number of anilines is 1. The van der Waals surface area contributed by atoms with Gasteiger partial charge in [-0.3, -0.25) is 0 Å². The van der Waals surface area contributed by atoms with Crippen molar-refractivity contribution in [2.24, 2.45) is 0 Å². The summed E-state index contributed by atoms with van der Waals surface area (Å²) in [5.41, 5.74) is 6.99. The topological polar surface area (TPSA) is 111 Å². The highest BCUT2D eigenvalue weighted by Gasteiger charge is 2.24. The summed E-state index contributed by atoms with van der Waals surface area (Å²) in [5, 5.41) is 8.57. The lowest BCUT2D eigenvalue weighted by Gasteiger charge is -2.21. The van der Waals surface area contributed by atoms with Gasteiger partial charge in [0.15, 0.2) is 0 Å². The van der Waals surface area contributed by atoms with Gasteiger partial charge in [0.25, 0.3) is 0 Å². The molecule has 0 spiro atoms. The summed E-state index contributed by atoms with van der Waals surface area (Å²) in [6.45, 7) is 0.887. The van der Waals surface area contributed by atoms with Gasteiger partial charge in [-0.25, -0.2) is 13.1 Å². The van der Waals surface area contributed by atoms with Gasteiger partial charge in [-0.1, -0.05) is 0 Å². The third kappa shape index (κ3) is 4.07. The standard InChI is InChI=1S/C13H20N2O5S/c14-11-8-10-2-1-5-20-13(10)12(9-11)21(17,18)15-3-6-19-7-4-16/h8-9,15-16H,1-7,14H2. The highest BCUT2D eigenvalue weighted by molar-refractivity contribution is 7.89. The summed E-state index contributed by atoms with van der Waals surface area (Å²) in [6.07, 6.45) is 1.60. The first-order valence-electron chi connectivity index (χ1n) is 6.78. The van der Waals surface area contributed by atoms with E-state index in [1.54, 1.807) is 6.07 Å². The lowest BCUT2D eigenvalue weighted by atomic mass is 10.1. The van der Waals surface area contributed by atoms with E-state index in [2.05, 4.69) is 4.72 Å². The van der Waals surface area contributed by atoms with E-state index < -0.39 is 10.0 Å². The SMILES string of the molecule is Nc1cc2c(c(S(=O)(=O)NCCOCCO)c1)OCCC2. The third-order valence-electron chi connectivity index (χ3n) is 3.05. The second-order valence-electron chi connectivity index (χ2n) is 4.69. The van der Waals surface area contributed by atoms with Crippen LogP contribution in [0.15, 0.2) is 17.0 Å². The van der Waals surface area contributed by atoms with E-state index >= 15 is 0 Å². The minimum absolute atomic E-state index is 0.0689. The van der Waals surface area contributed by atoms with E-state index in [-0.39, 0.29) is 31.3 Å². The van der Waals surface area contributed by atoms with Crippen molar-refractivity contribution in [1.29, 1.82) is 0 Å². The maximum atomic E-state index is 12.3. The Kier molecular flexibility index (Phi) is 5.40. The highest BCUT2D eigenvalue weighted by atomic mass is 32.2. The fourth-order valence-electron chi connectivity index (χ4n) is 2.16. The van der Waals surface area contributed by atoms with Gasteiger partial charge in [0.05, 0.1) is 26.4 Å². The van der Waals surface area contributed by atoms with Crippen molar-refractivity contribution in [2.45, 2.75) is 17.7 Å². The van der Waals surface area contributed by atoms with Crippen LogP contribution in [0.4, 0.5) is 5.69 Å². The molecule has 1 aromatic rings. The number of aryl methyl sites for hydroxylation is 1. The number of aliphatic hydroxyl groups excluding tert-OH is 1. The fourth-order valence-corrected chi connectivity index (χ4v) is 3.40. The second kappa shape index (κ2) is 7.08. The number of sulfonamides is 1. The summed E-state index contributed by atoms with van der Waals surface area (Å²) in [4.78, 5) is 0.0689. The molecule has 1 heterocycles. The van der Waals surface area contributed by atoms with Crippen LogP contribution in [0.5, 0.6) is 5.75 Å². The molecule has 1 aliphatic heterocycles. The highest BCUT2D eigenvalue weighted by Crippen LogP contribution is 2.34. The van der Waals surface area contributed by atoms with Gasteiger partial charge in [-0.2, -0.15) is 0 Å². The molecule has 0 aliphatic carbocycles. The Morgan fingerprint density at radius 1 is 1.38 bits per heavy atom. The smallest absolute Gasteiger partial charge is 0.244 e. The van der Waals surface area contributed by atoms with E-state index in [0.717, 1.165) is 18.4 Å². The monoisotopic (exact) mass is 316 g/mol. The number of aliphatic hydroxyl groups is 1. The number of nitrogens with one attached hydrogen (secondary N) is 1. The maximum absolute atomic E-state index is 12.3. The molecule has 4 N–H and O–H groups in total. The molecule has 118 valence electrons. The van der Waals surface area contributed by atoms with Gasteiger partial charge in [0.1, 0.15) is 10.6 Å². The molecule has 1 aliphatic rings. The first-order valence-corrected chi connectivity index (χ1v) is 8.26. The Morgan fingerprint density at radius 3 is 2.95 bits per heavy atom. The summed E-state index contributed by atoms with van der Waals surface area (Å²) < 4.78 is 37.6. The van der Waals surface area contributed by atoms with Crippen LogP contribution in [-0.4, -0.2) is 46.5 Å². The number of benzene rings is 1. The molecule has 21 heavy (non-hydrogen) atoms. The van der Waals surface area contributed by atoms with Crippen molar-refractivity contribution in [3.8, 4) is 5.75 Å². The molecule has 0 amide bonds. The summed E-state index contributed by atoms with van der Waals surface area (Å²) in [7, 11) is -3.71. The number of hydrogen-bond acceptors (Lipinski definition) is 6. The van der Waals surface area contributed by atoms with Crippen LogP contribution in [0.3, 0.4) is 0 Å². The quantitative estimate of drug-likeness (QED) is 0.478. The van der Waals surface area contributed by atoms with E-state index in [9.17, 15) is 8.42 Å². The lowest BCUT2D eigenvalue weighted by Crippen LogP contribution is -2.29. The molecule has 0 saturated carbocycles. The van der Waals surface area contributed by atoms with Crippen molar-refractivity contribution in [2.75, 3.05) is 38.7 Å². The molecule has 0 atom stereocenters. The molecule has 8 heteroatoms.